The maximum absolute atomic E-state index is 14.7. The van der Waals surface area contributed by atoms with E-state index in [9.17, 15) is 4.79 Å². The maximum Gasteiger partial charge on any atom is 0.277 e. The van der Waals surface area contributed by atoms with Gasteiger partial charge in [0.25, 0.3) is 17.7 Å². The van der Waals surface area contributed by atoms with Crippen molar-refractivity contribution >= 4 is 50.2 Å². The lowest BCUT2D eigenvalue weighted by atomic mass is 9.93. The summed E-state index contributed by atoms with van der Waals surface area (Å²) in [5.41, 5.74) is 5.89. The average molecular weight is 940 g/mol. The van der Waals surface area contributed by atoms with Crippen LogP contribution in [0.15, 0.2) is 91.6 Å². The van der Waals surface area contributed by atoms with Gasteiger partial charge >= 0.3 is 0 Å². The largest absolute Gasteiger partial charge is 0.486 e. The highest BCUT2D eigenvalue weighted by Gasteiger charge is 2.43. The minimum Gasteiger partial charge on any atom is -0.486 e. The quantitative estimate of drug-likeness (QED) is 0.176. The van der Waals surface area contributed by atoms with Crippen molar-refractivity contribution in [3.05, 3.63) is 115 Å². The summed E-state index contributed by atoms with van der Waals surface area (Å²) in [5, 5.41) is 5.07. The van der Waals surface area contributed by atoms with Crippen molar-refractivity contribution in [2.24, 2.45) is 0 Å². The number of carbonyl (C=O) groups is 1. The number of H-pyrrole nitrogens is 1. The van der Waals surface area contributed by atoms with E-state index < -0.39 is 24.2 Å². The first-order chi connectivity index (χ1) is 34.1. The number of nitrogens with zero attached hydrogens (tertiary/aromatic N) is 9. The van der Waals surface area contributed by atoms with Crippen LogP contribution in [-0.2, 0) is 4.79 Å². The van der Waals surface area contributed by atoms with Crippen molar-refractivity contribution in [2.75, 3.05) is 44.5 Å². The van der Waals surface area contributed by atoms with E-state index in [-0.39, 0.29) is 37.5 Å². The monoisotopic (exact) mass is 939 g/mol. The minimum atomic E-state index is -1.12. The fourth-order valence-corrected chi connectivity index (χ4v) is 9.54. The Bertz CT molecular complexity index is 3540. The van der Waals surface area contributed by atoms with Crippen LogP contribution >= 0.6 is 11.5 Å². The minimum absolute atomic E-state index is 0.217. The number of pyridine rings is 6. The van der Waals surface area contributed by atoms with Crippen LogP contribution in [0.4, 0.5) is 11.4 Å². The van der Waals surface area contributed by atoms with E-state index in [1.807, 2.05) is 24.3 Å². The summed E-state index contributed by atoms with van der Waals surface area (Å²) in [6.07, 6.45) is 5.02. The second-order valence-corrected chi connectivity index (χ2v) is 16.9. The second kappa shape index (κ2) is 15.6. The van der Waals surface area contributed by atoms with Crippen molar-refractivity contribution < 1.29 is 47.4 Å². The number of hydrogen-bond acceptors (Lipinski definition) is 19. The molecule has 1 N–H and O–H groups in total. The third-order valence-corrected chi connectivity index (χ3v) is 12.8. The first-order valence-electron chi connectivity index (χ1n) is 21.8. The highest BCUT2D eigenvalue weighted by atomic mass is 32.1. The highest BCUT2D eigenvalue weighted by Crippen LogP contribution is 2.54. The number of nitrogens with one attached hydrogen (secondary N) is 1. The molecule has 0 aliphatic carbocycles. The molecule has 5 aliphatic heterocycles. The Labute approximate surface area is 392 Å². The lowest BCUT2D eigenvalue weighted by Gasteiger charge is -2.37. The molecule has 1 aromatic carbocycles. The maximum atomic E-state index is 14.7. The van der Waals surface area contributed by atoms with Gasteiger partial charge in [-0.1, -0.05) is 4.49 Å². The van der Waals surface area contributed by atoms with Crippen molar-refractivity contribution in [3.8, 4) is 74.7 Å². The highest BCUT2D eigenvalue weighted by molar-refractivity contribution is 7.12. The van der Waals surface area contributed by atoms with Crippen LogP contribution in [0.3, 0.4) is 0 Å². The number of benzene rings is 1. The number of carbonyl (C=O) groups excluding carboxylic acids is 1. The molecule has 3 atom stereocenters. The molecule has 0 fully saturated rings. The van der Waals surface area contributed by atoms with E-state index in [1.54, 1.807) is 61.2 Å². The van der Waals surface area contributed by atoms with Crippen LogP contribution in [0.1, 0.15) is 35.1 Å². The molecule has 0 saturated carbocycles. The fraction of sp³-hybridized carbons (Fsp3) is 0.188. The lowest BCUT2D eigenvalue weighted by Crippen LogP contribution is -2.38. The van der Waals surface area contributed by atoms with Crippen LogP contribution in [0.2, 0.25) is 0 Å². The molecule has 339 valence electrons. The molecule has 1 radical (unpaired) electrons. The molecular weight excluding hydrogens is 909 g/mol. The number of aromatic amines is 1. The first kappa shape index (κ1) is 39.3. The number of rotatable bonds is 6. The molecule has 69 heavy (non-hydrogen) atoms. The Morgan fingerprint density at radius 1 is 0.710 bits per heavy atom. The summed E-state index contributed by atoms with van der Waals surface area (Å²) in [4.78, 5) is 48.4. The summed E-state index contributed by atoms with van der Waals surface area (Å²) >= 11 is 1.16. The number of fused-ring (bicyclic) bond motifs is 7. The van der Waals surface area contributed by atoms with Crippen LogP contribution in [0.25, 0.3) is 43.9 Å². The van der Waals surface area contributed by atoms with Crippen molar-refractivity contribution in [1.82, 2.24) is 44.5 Å². The number of ether oxygens (including phenoxy) is 9. The summed E-state index contributed by atoms with van der Waals surface area (Å²) in [6.45, 7) is 1.90. The van der Waals surface area contributed by atoms with Gasteiger partial charge in [0, 0.05) is 76.6 Å². The Balaban J connectivity index is 0.928. The van der Waals surface area contributed by atoms with Gasteiger partial charge in [-0.2, -0.15) is 0 Å². The molecule has 3 unspecified atom stereocenters. The van der Waals surface area contributed by atoms with Crippen LogP contribution in [0, 0.1) is 6.07 Å². The number of aromatic nitrogens is 9. The molecule has 9 aromatic rings. The SMILES string of the molecule is O=C1C(c2cnc3snnc3c2)Oc2nc[c]cc2N1c1ccc2c(c1)OC(c1cnc3c(c1-c1cc(-c4cc5cccnc5[nH]4)c4c(n1)OCCO4)OCCO3)C(c1cc3c(cn1)OCCO3)O2. The van der Waals surface area contributed by atoms with E-state index in [0.29, 0.717) is 115 Å². The van der Waals surface area contributed by atoms with Gasteiger partial charge < -0.3 is 47.6 Å². The van der Waals surface area contributed by atoms with Gasteiger partial charge in [-0.25, -0.2) is 24.9 Å². The van der Waals surface area contributed by atoms with Crippen LogP contribution < -0.4 is 47.5 Å². The average Bonchev–Trinajstić information content (AvgIpc) is 4.07. The van der Waals surface area contributed by atoms with E-state index in [0.717, 1.165) is 22.6 Å². The van der Waals surface area contributed by atoms with Gasteiger partial charge in [-0.3, -0.25) is 14.7 Å². The molecule has 1 amide bonds. The molecule has 5 aliphatic rings. The molecular formula is C48H31N10O10S. The van der Waals surface area contributed by atoms with E-state index in [2.05, 4.69) is 35.6 Å². The van der Waals surface area contributed by atoms with Gasteiger partial charge in [0.15, 0.2) is 51.5 Å². The number of anilines is 2. The van der Waals surface area contributed by atoms with Gasteiger partial charge in [0.05, 0.1) is 34.5 Å². The van der Waals surface area contributed by atoms with Gasteiger partial charge in [-0.15, -0.1) is 5.10 Å². The standard InChI is InChI=1S/C48H31N10O10S/c59-48-38(24-16-31-47(53-20-24)69-57-56-31)68-44-32(4-2-8-50-44)58(48)25-5-6-33-35(17-25)67-39(41(66-33)30-19-34-36(22-51-30)61-10-9-60-34)27-21-52-45-42(63-12-13-64-45)37(27)29-18-26(40-46(55-29)65-14-11-62-40)28-15-23-3-1-7-49-43(23)54-28/h1,3-8,15-22,38-39,41H,9-14H2,(H,49,54). The van der Waals surface area contributed by atoms with Gasteiger partial charge in [0.1, 0.15) is 56.5 Å². The molecule has 20 nitrogen and oxygen atoms in total. The predicted octanol–water partition coefficient (Wildman–Crippen LogP) is 7.04. The Morgan fingerprint density at radius 3 is 2.49 bits per heavy atom. The van der Waals surface area contributed by atoms with Crippen molar-refractivity contribution in [2.45, 2.75) is 18.3 Å². The Hall–Kier alpha value is -8.85. The zero-order valence-electron chi connectivity index (χ0n) is 35.7. The molecule has 0 saturated heterocycles. The topological polar surface area (TPSA) is 222 Å². The molecule has 8 aromatic heterocycles. The summed E-state index contributed by atoms with van der Waals surface area (Å²) in [7, 11) is 0. The van der Waals surface area contributed by atoms with Crippen molar-refractivity contribution in [3.63, 3.8) is 0 Å². The van der Waals surface area contributed by atoms with E-state index in [1.165, 1.54) is 11.1 Å². The predicted molar refractivity (Wildman–Crippen MR) is 242 cm³/mol. The molecule has 14 rings (SSSR count). The Kier molecular flexibility index (Phi) is 8.90. The normalized spacial score (nSPS) is 18.7. The molecule has 21 heteroatoms. The first-order valence-corrected chi connectivity index (χ1v) is 22.6. The van der Waals surface area contributed by atoms with Gasteiger partial charge in [0.2, 0.25) is 12.0 Å². The van der Waals surface area contributed by atoms with Crippen molar-refractivity contribution in [1.29, 1.82) is 0 Å². The second-order valence-electron chi connectivity index (χ2n) is 16.2. The summed E-state index contributed by atoms with van der Waals surface area (Å²) < 4.78 is 61.2. The Morgan fingerprint density at radius 2 is 1.57 bits per heavy atom. The zero-order valence-corrected chi connectivity index (χ0v) is 36.5. The smallest absolute Gasteiger partial charge is 0.277 e. The zero-order chi connectivity index (χ0) is 45.6. The number of hydrogen-bond donors (Lipinski definition) is 1. The van der Waals surface area contributed by atoms with Crippen LogP contribution in [0.5, 0.6) is 52.1 Å². The third-order valence-electron chi connectivity index (χ3n) is 12.1. The lowest BCUT2D eigenvalue weighted by molar-refractivity contribution is -0.126. The molecule has 0 spiro atoms. The van der Waals surface area contributed by atoms with E-state index >= 15 is 0 Å². The van der Waals surface area contributed by atoms with Crippen LogP contribution in [-0.4, -0.2) is 90.0 Å². The fourth-order valence-electron chi connectivity index (χ4n) is 9.04. The van der Waals surface area contributed by atoms with E-state index in [4.69, 9.17) is 57.6 Å². The summed E-state index contributed by atoms with van der Waals surface area (Å²) in [5.74, 6) is 2.86. The molecule has 13 heterocycles. The van der Waals surface area contributed by atoms with Gasteiger partial charge in [-0.05, 0) is 48.5 Å². The third kappa shape index (κ3) is 6.52. The molecule has 0 bridgehead atoms. The number of amides is 1. The summed E-state index contributed by atoms with van der Waals surface area (Å²) in [6, 6.07) is 21.1.